The molecule has 2 atom stereocenters. The number of aliphatic imine (C=N–C) groups is 1. The second-order valence-corrected chi connectivity index (χ2v) is 6.92. The molecule has 0 bridgehead atoms. The molecule has 1 N–H and O–H groups in total. The van der Waals surface area contributed by atoms with Gasteiger partial charge in [0.2, 0.25) is 0 Å². The lowest BCUT2D eigenvalue weighted by Gasteiger charge is -2.40. The molecule has 154 valence electrons. The molecule has 0 saturated heterocycles. The van der Waals surface area contributed by atoms with Crippen molar-refractivity contribution in [2.75, 3.05) is 11.4 Å². The van der Waals surface area contributed by atoms with Crippen molar-refractivity contribution in [3.8, 4) is 0 Å². The molecule has 3 rings (SSSR count). The largest absolute Gasteiger partial charge is 0.481 e. The van der Waals surface area contributed by atoms with Crippen molar-refractivity contribution < 1.29 is 27.5 Å². The summed E-state index contributed by atoms with van der Waals surface area (Å²) in [7, 11) is 0. The van der Waals surface area contributed by atoms with Gasteiger partial charge in [-0.2, -0.15) is 13.2 Å². The van der Waals surface area contributed by atoms with E-state index in [1.54, 1.807) is 13.8 Å². The monoisotopic (exact) mass is 408 g/mol. The minimum absolute atomic E-state index is 0.0733. The minimum Gasteiger partial charge on any atom is -0.481 e. The van der Waals surface area contributed by atoms with E-state index < -0.39 is 35.4 Å². The summed E-state index contributed by atoms with van der Waals surface area (Å²) in [5.41, 5.74) is 0.568. The highest BCUT2D eigenvalue weighted by atomic mass is 19.4. The Morgan fingerprint density at radius 2 is 1.83 bits per heavy atom. The molecule has 1 heterocycles. The second-order valence-electron chi connectivity index (χ2n) is 6.92. The van der Waals surface area contributed by atoms with Gasteiger partial charge in [0, 0.05) is 24.7 Å². The lowest BCUT2D eigenvalue weighted by Crippen LogP contribution is -2.46. The topological polar surface area (TPSA) is 52.9 Å². The quantitative estimate of drug-likeness (QED) is 0.718. The first-order chi connectivity index (χ1) is 13.6. The summed E-state index contributed by atoms with van der Waals surface area (Å²) in [5, 5.41) is 9.80. The fourth-order valence-electron chi connectivity index (χ4n) is 3.64. The molecule has 0 amide bonds. The van der Waals surface area contributed by atoms with Crippen molar-refractivity contribution in [2.24, 2.45) is 10.9 Å². The van der Waals surface area contributed by atoms with E-state index in [9.17, 15) is 27.5 Å². The van der Waals surface area contributed by atoms with E-state index in [-0.39, 0.29) is 24.6 Å². The van der Waals surface area contributed by atoms with Crippen molar-refractivity contribution in [1.82, 2.24) is 0 Å². The van der Waals surface area contributed by atoms with Gasteiger partial charge in [-0.05, 0) is 42.3 Å². The number of benzene rings is 2. The number of amidine groups is 1. The Balaban J connectivity index is 2.19. The fraction of sp³-hybridized carbons (Fsp3) is 0.333. The summed E-state index contributed by atoms with van der Waals surface area (Å²) in [6.45, 7) is 3.75. The maximum absolute atomic E-state index is 13.3. The average Bonchev–Trinajstić information content (AvgIpc) is 2.65. The predicted octanol–water partition coefficient (Wildman–Crippen LogP) is 5.09. The first-order valence-corrected chi connectivity index (χ1v) is 9.13. The summed E-state index contributed by atoms with van der Waals surface area (Å²) < 4.78 is 53.2. The number of carbonyl (C=O) groups is 1. The van der Waals surface area contributed by atoms with Crippen molar-refractivity contribution in [2.45, 2.75) is 32.5 Å². The number of hydrogen-bond acceptors (Lipinski definition) is 2. The molecule has 0 radical (unpaired) electrons. The predicted molar refractivity (Wildman–Crippen MR) is 102 cm³/mol. The first kappa shape index (κ1) is 20.8. The van der Waals surface area contributed by atoms with Crippen LogP contribution < -0.4 is 4.90 Å². The first-order valence-electron chi connectivity index (χ1n) is 9.13. The van der Waals surface area contributed by atoms with Gasteiger partial charge in [-0.3, -0.25) is 9.79 Å². The van der Waals surface area contributed by atoms with Crippen LogP contribution in [-0.2, 0) is 17.5 Å². The lowest BCUT2D eigenvalue weighted by molar-refractivity contribution is -0.140. The zero-order chi connectivity index (χ0) is 21.3. The number of rotatable bonds is 4. The van der Waals surface area contributed by atoms with Gasteiger partial charge < -0.3 is 10.0 Å². The maximum Gasteiger partial charge on any atom is 0.416 e. The summed E-state index contributed by atoms with van der Waals surface area (Å²) in [5.74, 6) is -2.89. The Hall–Kier alpha value is -2.90. The van der Waals surface area contributed by atoms with E-state index in [4.69, 9.17) is 0 Å². The minimum atomic E-state index is -4.54. The van der Waals surface area contributed by atoms with Crippen molar-refractivity contribution in [3.63, 3.8) is 0 Å². The normalized spacial score (nSPS) is 20.6. The SMILES string of the molecule is CCN=C1C(C(=O)O)C(C)c2ccc(C(F)(F)F)cc2N1Cc1ccc(F)cc1. The Bertz CT molecular complexity index is 939. The lowest BCUT2D eigenvalue weighted by atomic mass is 9.80. The Morgan fingerprint density at radius 1 is 1.17 bits per heavy atom. The molecule has 0 spiro atoms. The van der Waals surface area contributed by atoms with Crippen LogP contribution in [0, 0.1) is 11.7 Å². The number of alkyl halides is 3. The van der Waals surface area contributed by atoms with Crippen LogP contribution in [0.1, 0.15) is 36.5 Å². The van der Waals surface area contributed by atoms with Gasteiger partial charge in [0.1, 0.15) is 17.6 Å². The number of carboxylic acids is 1. The molecule has 0 aromatic heterocycles. The number of carboxylic acid groups (broad SMARTS) is 1. The van der Waals surface area contributed by atoms with Crippen LogP contribution in [-0.4, -0.2) is 23.5 Å². The molecule has 2 aromatic carbocycles. The summed E-state index contributed by atoms with van der Waals surface area (Å²) in [6.07, 6.45) is -4.54. The maximum atomic E-state index is 13.3. The number of fused-ring (bicyclic) bond motifs is 1. The van der Waals surface area contributed by atoms with E-state index in [1.165, 1.54) is 35.2 Å². The second kappa shape index (κ2) is 7.85. The van der Waals surface area contributed by atoms with Crippen LogP contribution in [0.2, 0.25) is 0 Å². The summed E-state index contributed by atoms with van der Waals surface area (Å²) >= 11 is 0. The van der Waals surface area contributed by atoms with Gasteiger partial charge in [0.15, 0.2) is 0 Å². The highest BCUT2D eigenvalue weighted by Gasteiger charge is 2.42. The van der Waals surface area contributed by atoms with Crippen LogP contribution >= 0.6 is 0 Å². The van der Waals surface area contributed by atoms with Gasteiger partial charge in [0.25, 0.3) is 0 Å². The molecule has 1 aliphatic rings. The molecular formula is C21H20F4N2O2. The molecule has 0 saturated carbocycles. The van der Waals surface area contributed by atoms with Crippen LogP contribution in [0.3, 0.4) is 0 Å². The highest BCUT2D eigenvalue weighted by molar-refractivity contribution is 6.12. The van der Waals surface area contributed by atoms with Gasteiger partial charge >= 0.3 is 12.1 Å². The Labute approximate surface area is 165 Å². The molecule has 4 nitrogen and oxygen atoms in total. The number of anilines is 1. The zero-order valence-electron chi connectivity index (χ0n) is 15.9. The molecule has 0 fully saturated rings. The van der Waals surface area contributed by atoms with Gasteiger partial charge in [0.05, 0.1) is 5.56 Å². The third-order valence-corrected chi connectivity index (χ3v) is 5.03. The number of nitrogens with zero attached hydrogens (tertiary/aromatic N) is 2. The van der Waals surface area contributed by atoms with Crippen molar-refractivity contribution in [3.05, 3.63) is 65.0 Å². The zero-order valence-corrected chi connectivity index (χ0v) is 15.9. The van der Waals surface area contributed by atoms with Crippen LogP contribution in [0.5, 0.6) is 0 Å². The van der Waals surface area contributed by atoms with Crippen LogP contribution in [0.15, 0.2) is 47.5 Å². The number of aliphatic carboxylic acids is 1. The van der Waals surface area contributed by atoms with Crippen molar-refractivity contribution in [1.29, 1.82) is 0 Å². The van der Waals surface area contributed by atoms with E-state index >= 15 is 0 Å². The molecule has 0 aliphatic carbocycles. The molecule has 29 heavy (non-hydrogen) atoms. The molecular weight excluding hydrogens is 388 g/mol. The molecule has 8 heteroatoms. The fourth-order valence-corrected chi connectivity index (χ4v) is 3.64. The van der Waals surface area contributed by atoms with E-state index in [1.807, 2.05) is 0 Å². The third-order valence-electron chi connectivity index (χ3n) is 5.03. The van der Waals surface area contributed by atoms with E-state index in [2.05, 4.69) is 4.99 Å². The van der Waals surface area contributed by atoms with E-state index in [0.29, 0.717) is 11.1 Å². The Kier molecular flexibility index (Phi) is 5.64. The Morgan fingerprint density at radius 3 is 2.38 bits per heavy atom. The number of hydrogen-bond donors (Lipinski definition) is 1. The molecule has 2 unspecified atom stereocenters. The summed E-state index contributed by atoms with van der Waals surface area (Å²) in [6, 6.07) is 8.85. The van der Waals surface area contributed by atoms with Crippen LogP contribution in [0.25, 0.3) is 0 Å². The van der Waals surface area contributed by atoms with Gasteiger partial charge in [-0.1, -0.05) is 25.1 Å². The van der Waals surface area contributed by atoms with Crippen molar-refractivity contribution >= 4 is 17.5 Å². The van der Waals surface area contributed by atoms with Gasteiger partial charge in [-0.15, -0.1) is 0 Å². The van der Waals surface area contributed by atoms with Gasteiger partial charge in [-0.25, -0.2) is 4.39 Å². The average molecular weight is 408 g/mol. The summed E-state index contributed by atoms with van der Waals surface area (Å²) in [4.78, 5) is 17.8. The highest BCUT2D eigenvalue weighted by Crippen LogP contribution is 2.43. The molecule has 2 aromatic rings. The third kappa shape index (κ3) is 4.11. The number of halogens is 4. The van der Waals surface area contributed by atoms with E-state index in [0.717, 1.165) is 12.1 Å². The van der Waals surface area contributed by atoms with Crippen LogP contribution in [0.4, 0.5) is 23.2 Å². The standard InChI is InChI=1S/C21H20F4N2O2/c1-3-26-19-18(20(28)29)12(2)16-9-6-14(21(23,24)25)10-17(16)27(19)11-13-4-7-15(22)8-5-13/h4-10,12,18H,3,11H2,1-2H3,(H,28,29). The smallest absolute Gasteiger partial charge is 0.416 e. The molecule has 1 aliphatic heterocycles.